The molecule has 3 heterocycles. The Hall–Kier alpha value is -2.57. The molecule has 0 saturated carbocycles. The average Bonchev–Trinajstić information content (AvgIpc) is 3.35. The summed E-state index contributed by atoms with van der Waals surface area (Å²) >= 11 is 2.94. The number of carbonyl (C=O) groups is 1. The number of furan rings is 1. The fourth-order valence-corrected chi connectivity index (χ4v) is 4.03. The number of nitrogens with zero attached hydrogens (tertiary/aromatic N) is 4. The maximum absolute atomic E-state index is 12.4. The molecule has 3 rings (SSSR count). The van der Waals surface area contributed by atoms with Crippen molar-refractivity contribution in [1.29, 1.82) is 5.26 Å². The Bertz CT molecular complexity index is 924. The average molecular weight is 387 g/mol. The summed E-state index contributed by atoms with van der Waals surface area (Å²) in [7, 11) is 0. The second kappa shape index (κ2) is 8.21. The molecule has 7 nitrogen and oxygen atoms in total. The fourth-order valence-electron chi connectivity index (χ4n) is 2.54. The number of hydrogen-bond acceptors (Lipinski definition) is 7. The fraction of sp³-hybridized carbons (Fsp3) is 0.294. The molecule has 0 radical (unpaired) electrons. The first kappa shape index (κ1) is 18.2. The third kappa shape index (κ3) is 3.98. The second-order valence-electron chi connectivity index (χ2n) is 5.56. The molecule has 0 aliphatic heterocycles. The molecule has 26 heavy (non-hydrogen) atoms. The van der Waals surface area contributed by atoms with E-state index in [4.69, 9.17) is 4.42 Å². The smallest absolute Gasteiger partial charge is 0.226 e. The molecule has 3 aromatic rings. The lowest BCUT2D eigenvalue weighted by molar-refractivity contribution is -0.115. The van der Waals surface area contributed by atoms with Crippen LogP contribution in [-0.2, 0) is 11.3 Å². The van der Waals surface area contributed by atoms with Crippen LogP contribution in [0.1, 0.15) is 29.0 Å². The highest BCUT2D eigenvalue weighted by Gasteiger charge is 2.20. The topological polar surface area (TPSA) is 96.7 Å². The van der Waals surface area contributed by atoms with E-state index >= 15 is 0 Å². The Morgan fingerprint density at radius 2 is 2.35 bits per heavy atom. The van der Waals surface area contributed by atoms with E-state index in [-0.39, 0.29) is 5.91 Å². The second-order valence-corrected chi connectivity index (χ2v) is 7.74. The summed E-state index contributed by atoms with van der Waals surface area (Å²) < 4.78 is 8.15. The lowest BCUT2D eigenvalue weighted by Gasteiger charge is -2.11. The van der Waals surface area contributed by atoms with Crippen LogP contribution in [0.15, 0.2) is 32.7 Å². The first-order chi connectivity index (χ1) is 12.6. The van der Waals surface area contributed by atoms with E-state index < -0.39 is 0 Å². The molecule has 0 unspecified atom stereocenters. The third-order valence-corrected chi connectivity index (χ3v) is 5.85. The quantitative estimate of drug-likeness (QED) is 0.622. The van der Waals surface area contributed by atoms with Gasteiger partial charge in [0.2, 0.25) is 5.91 Å². The number of nitriles is 1. The maximum Gasteiger partial charge on any atom is 0.226 e. The van der Waals surface area contributed by atoms with Crippen molar-refractivity contribution >= 4 is 34.8 Å². The van der Waals surface area contributed by atoms with Gasteiger partial charge in [-0.3, -0.25) is 4.79 Å². The van der Waals surface area contributed by atoms with Gasteiger partial charge in [-0.1, -0.05) is 23.1 Å². The minimum absolute atomic E-state index is 0.142. The van der Waals surface area contributed by atoms with Gasteiger partial charge in [0.05, 0.1) is 18.4 Å². The third-order valence-electron chi connectivity index (χ3n) is 3.99. The van der Waals surface area contributed by atoms with Crippen molar-refractivity contribution in [2.75, 3.05) is 11.1 Å². The molecular formula is C17H17N5O2S2. The van der Waals surface area contributed by atoms with E-state index in [0.29, 0.717) is 30.1 Å². The zero-order chi connectivity index (χ0) is 18.5. The zero-order valence-electron chi connectivity index (χ0n) is 14.4. The Morgan fingerprint density at radius 3 is 3.00 bits per heavy atom. The van der Waals surface area contributed by atoms with Gasteiger partial charge in [0.15, 0.2) is 4.34 Å². The lowest BCUT2D eigenvalue weighted by atomic mass is 10.2. The first-order valence-corrected chi connectivity index (χ1v) is 9.77. The summed E-state index contributed by atoms with van der Waals surface area (Å²) in [5.41, 5.74) is 3.93. The molecule has 134 valence electrons. The van der Waals surface area contributed by atoms with Gasteiger partial charge in [0.1, 0.15) is 23.2 Å². The van der Waals surface area contributed by atoms with Crippen LogP contribution in [0.4, 0.5) is 5.82 Å². The van der Waals surface area contributed by atoms with Crippen LogP contribution in [0.3, 0.4) is 0 Å². The summed E-state index contributed by atoms with van der Waals surface area (Å²) in [6.07, 6.45) is 1.92. The summed E-state index contributed by atoms with van der Waals surface area (Å²) in [5.74, 6) is 1.73. The van der Waals surface area contributed by atoms with Gasteiger partial charge in [-0.05, 0) is 31.5 Å². The van der Waals surface area contributed by atoms with Gasteiger partial charge in [0, 0.05) is 17.9 Å². The molecule has 0 saturated heterocycles. The normalized spacial score (nSPS) is 10.7. The van der Waals surface area contributed by atoms with E-state index in [0.717, 1.165) is 21.4 Å². The van der Waals surface area contributed by atoms with E-state index in [2.05, 4.69) is 21.6 Å². The van der Waals surface area contributed by atoms with Gasteiger partial charge >= 0.3 is 0 Å². The van der Waals surface area contributed by atoms with E-state index in [1.165, 1.54) is 23.1 Å². The number of nitrogens with one attached hydrogen (secondary N) is 1. The number of amides is 1. The van der Waals surface area contributed by atoms with Crippen molar-refractivity contribution in [2.45, 2.75) is 31.2 Å². The van der Waals surface area contributed by atoms with Gasteiger partial charge < -0.3 is 14.3 Å². The Balaban J connectivity index is 1.73. The molecule has 0 spiro atoms. The van der Waals surface area contributed by atoms with Crippen molar-refractivity contribution in [3.05, 3.63) is 46.5 Å². The zero-order valence-corrected chi connectivity index (χ0v) is 16.0. The molecule has 1 N–H and O–H groups in total. The van der Waals surface area contributed by atoms with Crippen LogP contribution in [0.25, 0.3) is 0 Å². The number of aromatic nitrogens is 3. The molecule has 0 aliphatic carbocycles. The SMILES string of the molecule is Cc1c(C#N)c(NC(=O)CCSc2nncs2)n(Cc2ccco2)c1C. The largest absolute Gasteiger partial charge is 0.467 e. The summed E-state index contributed by atoms with van der Waals surface area (Å²) in [5, 5.41) is 20.1. The van der Waals surface area contributed by atoms with Crippen molar-refractivity contribution < 1.29 is 9.21 Å². The predicted octanol–water partition coefficient (Wildman–Crippen LogP) is 3.59. The first-order valence-electron chi connectivity index (χ1n) is 7.91. The number of anilines is 1. The number of rotatable bonds is 7. The van der Waals surface area contributed by atoms with Gasteiger partial charge in [-0.15, -0.1) is 10.2 Å². The van der Waals surface area contributed by atoms with Gasteiger partial charge in [-0.2, -0.15) is 5.26 Å². The van der Waals surface area contributed by atoms with Crippen LogP contribution in [-0.4, -0.2) is 26.4 Å². The van der Waals surface area contributed by atoms with Crippen LogP contribution in [0.2, 0.25) is 0 Å². The highest BCUT2D eigenvalue weighted by Crippen LogP contribution is 2.28. The summed E-state index contributed by atoms with van der Waals surface area (Å²) in [6.45, 7) is 4.27. The van der Waals surface area contributed by atoms with E-state index in [1.807, 2.05) is 30.5 Å². The molecular weight excluding hydrogens is 370 g/mol. The highest BCUT2D eigenvalue weighted by atomic mass is 32.2. The van der Waals surface area contributed by atoms with Crippen molar-refractivity contribution in [3.8, 4) is 6.07 Å². The molecule has 1 amide bonds. The molecule has 0 bridgehead atoms. The monoisotopic (exact) mass is 387 g/mol. The van der Waals surface area contributed by atoms with Crippen LogP contribution >= 0.6 is 23.1 Å². The number of thioether (sulfide) groups is 1. The minimum atomic E-state index is -0.142. The summed E-state index contributed by atoms with van der Waals surface area (Å²) in [6, 6.07) is 5.88. The van der Waals surface area contributed by atoms with E-state index in [1.54, 1.807) is 11.8 Å². The van der Waals surface area contributed by atoms with Crippen molar-refractivity contribution in [3.63, 3.8) is 0 Å². The standard InChI is InChI=1S/C17H17N5O2S2/c1-11-12(2)22(9-13-4-3-6-24-13)16(14(11)8-18)20-15(23)5-7-25-17-21-19-10-26-17/h3-4,6,10H,5,7,9H2,1-2H3,(H,20,23). The van der Waals surface area contributed by atoms with Crippen molar-refractivity contribution in [1.82, 2.24) is 14.8 Å². The van der Waals surface area contributed by atoms with Crippen LogP contribution in [0, 0.1) is 25.2 Å². The minimum Gasteiger partial charge on any atom is -0.467 e. The summed E-state index contributed by atoms with van der Waals surface area (Å²) in [4.78, 5) is 12.4. The predicted molar refractivity (Wildman–Crippen MR) is 100 cm³/mol. The Kier molecular flexibility index (Phi) is 5.75. The van der Waals surface area contributed by atoms with Gasteiger partial charge in [0.25, 0.3) is 0 Å². The molecule has 0 aliphatic rings. The molecule has 3 aromatic heterocycles. The van der Waals surface area contributed by atoms with Gasteiger partial charge in [-0.25, -0.2) is 0 Å². The highest BCUT2D eigenvalue weighted by molar-refractivity contribution is 8.01. The van der Waals surface area contributed by atoms with Crippen LogP contribution in [0.5, 0.6) is 0 Å². The Labute approximate surface area is 159 Å². The maximum atomic E-state index is 12.4. The number of carbonyl (C=O) groups excluding carboxylic acids is 1. The molecule has 0 aromatic carbocycles. The molecule has 0 fully saturated rings. The molecule has 0 atom stereocenters. The van der Waals surface area contributed by atoms with E-state index in [9.17, 15) is 10.1 Å². The van der Waals surface area contributed by atoms with Crippen molar-refractivity contribution in [2.24, 2.45) is 0 Å². The Morgan fingerprint density at radius 1 is 1.50 bits per heavy atom. The lowest BCUT2D eigenvalue weighted by Crippen LogP contribution is -2.17. The molecule has 9 heteroatoms. The van der Waals surface area contributed by atoms with Crippen LogP contribution < -0.4 is 5.32 Å². The number of hydrogen-bond donors (Lipinski definition) is 1.